The van der Waals surface area contributed by atoms with Crippen LogP contribution in [0.5, 0.6) is 0 Å². The van der Waals surface area contributed by atoms with E-state index in [4.69, 9.17) is 4.74 Å². The van der Waals surface area contributed by atoms with Gasteiger partial charge in [0.2, 0.25) is 5.91 Å². The van der Waals surface area contributed by atoms with Crippen LogP contribution >= 0.6 is 0 Å². The molecule has 8 nitrogen and oxygen atoms in total. The fraction of sp³-hybridized carbons (Fsp3) is 0.276. The molecule has 0 unspecified atom stereocenters. The Morgan fingerprint density at radius 2 is 1.64 bits per heavy atom. The topological polar surface area (TPSA) is 82.2 Å². The average molecular weight is 537 g/mol. The lowest BCUT2D eigenvalue weighted by atomic mass is 10.1. The lowest BCUT2D eigenvalue weighted by molar-refractivity contribution is -0.117. The van der Waals surface area contributed by atoms with E-state index in [1.54, 1.807) is 29.2 Å². The Hall–Kier alpha value is -4.31. The second-order valence-electron chi connectivity index (χ2n) is 9.08. The maximum Gasteiger partial charge on any atom is 0.256 e. The molecule has 0 spiro atoms. The van der Waals surface area contributed by atoms with Gasteiger partial charge in [-0.1, -0.05) is 18.2 Å². The van der Waals surface area contributed by atoms with Crippen molar-refractivity contribution in [3.63, 3.8) is 0 Å². The molecule has 204 valence electrons. The van der Waals surface area contributed by atoms with Crippen LogP contribution in [0.25, 0.3) is 0 Å². The van der Waals surface area contributed by atoms with Crippen molar-refractivity contribution < 1.29 is 27.9 Å². The van der Waals surface area contributed by atoms with Crippen molar-refractivity contribution in [1.82, 2.24) is 9.80 Å². The maximum atomic E-state index is 14.0. The van der Waals surface area contributed by atoms with E-state index >= 15 is 0 Å². The normalized spacial score (nSPS) is 13.2. The van der Waals surface area contributed by atoms with Gasteiger partial charge in [-0.15, -0.1) is 0 Å². The number of amides is 3. The van der Waals surface area contributed by atoms with Crippen LogP contribution < -0.4 is 10.2 Å². The van der Waals surface area contributed by atoms with Gasteiger partial charge in [0.05, 0.1) is 12.2 Å². The van der Waals surface area contributed by atoms with Crippen LogP contribution in [0.2, 0.25) is 0 Å². The highest BCUT2D eigenvalue weighted by Gasteiger charge is 2.24. The summed E-state index contributed by atoms with van der Waals surface area (Å²) in [6.07, 6.45) is 0. The number of hydrogen-bond acceptors (Lipinski definition) is 5. The first-order valence-corrected chi connectivity index (χ1v) is 12.6. The molecule has 1 N–H and O–H groups in total. The van der Waals surface area contributed by atoms with Crippen LogP contribution in [0.4, 0.5) is 20.2 Å². The number of piperazine rings is 1. The number of nitrogens with one attached hydrogen (secondary N) is 1. The summed E-state index contributed by atoms with van der Waals surface area (Å²) in [6, 6.07) is 18.6. The molecule has 0 saturated carbocycles. The quantitative estimate of drug-likeness (QED) is 0.452. The zero-order chi connectivity index (χ0) is 27.8. The van der Waals surface area contributed by atoms with Gasteiger partial charge in [-0.25, -0.2) is 8.78 Å². The highest BCUT2D eigenvalue weighted by atomic mass is 19.1. The second-order valence-corrected chi connectivity index (χ2v) is 9.08. The smallest absolute Gasteiger partial charge is 0.256 e. The molecule has 0 aromatic heterocycles. The Kier molecular flexibility index (Phi) is 9.22. The molecule has 0 bridgehead atoms. The molecule has 3 aromatic carbocycles. The molecule has 1 aliphatic rings. The third-order valence-electron chi connectivity index (χ3n) is 6.45. The number of benzene rings is 3. The third-order valence-corrected chi connectivity index (χ3v) is 6.45. The molecule has 3 amide bonds. The molecule has 3 aromatic rings. The van der Waals surface area contributed by atoms with Crippen molar-refractivity contribution in [2.45, 2.75) is 0 Å². The van der Waals surface area contributed by atoms with Gasteiger partial charge in [-0.3, -0.25) is 14.4 Å². The fourth-order valence-electron chi connectivity index (χ4n) is 4.36. The van der Waals surface area contributed by atoms with E-state index in [-0.39, 0.29) is 36.7 Å². The number of rotatable bonds is 9. The maximum absolute atomic E-state index is 14.0. The van der Waals surface area contributed by atoms with Gasteiger partial charge in [0.1, 0.15) is 18.2 Å². The lowest BCUT2D eigenvalue weighted by Gasteiger charge is -2.36. The Morgan fingerprint density at radius 1 is 0.923 bits per heavy atom. The Bertz CT molecular complexity index is 1310. The fourth-order valence-corrected chi connectivity index (χ4v) is 4.36. The molecule has 1 aliphatic heterocycles. The van der Waals surface area contributed by atoms with Crippen molar-refractivity contribution in [2.75, 3.05) is 63.2 Å². The summed E-state index contributed by atoms with van der Waals surface area (Å²) in [6.45, 7) is 2.26. The van der Waals surface area contributed by atoms with E-state index in [1.165, 1.54) is 42.3 Å². The minimum Gasteiger partial charge on any atom is -0.383 e. The van der Waals surface area contributed by atoms with Gasteiger partial charge in [0.25, 0.3) is 11.8 Å². The Morgan fingerprint density at radius 3 is 2.31 bits per heavy atom. The molecule has 1 saturated heterocycles. The van der Waals surface area contributed by atoms with Gasteiger partial charge >= 0.3 is 0 Å². The van der Waals surface area contributed by atoms with E-state index in [0.717, 1.165) is 11.8 Å². The highest BCUT2D eigenvalue weighted by molar-refractivity contribution is 5.99. The second kappa shape index (κ2) is 13.0. The van der Waals surface area contributed by atoms with E-state index in [1.807, 2.05) is 12.1 Å². The first kappa shape index (κ1) is 27.7. The lowest BCUT2D eigenvalue weighted by Crippen LogP contribution is -2.49. The third kappa shape index (κ3) is 7.17. The van der Waals surface area contributed by atoms with Crippen LogP contribution in [-0.4, -0.2) is 80.5 Å². The van der Waals surface area contributed by atoms with Crippen LogP contribution in [0.3, 0.4) is 0 Å². The summed E-state index contributed by atoms with van der Waals surface area (Å²) in [5.41, 5.74) is 1.71. The van der Waals surface area contributed by atoms with Crippen molar-refractivity contribution in [3.05, 3.63) is 95.6 Å². The summed E-state index contributed by atoms with van der Waals surface area (Å²) < 4.78 is 32.6. The number of hydrogen-bond donors (Lipinski definition) is 1. The van der Waals surface area contributed by atoms with E-state index in [2.05, 4.69) is 10.2 Å². The predicted octanol–water partition coefficient (Wildman–Crippen LogP) is 3.65. The van der Waals surface area contributed by atoms with Crippen LogP contribution in [0, 0.1) is 11.6 Å². The molecule has 39 heavy (non-hydrogen) atoms. The number of anilines is 2. The van der Waals surface area contributed by atoms with E-state index in [0.29, 0.717) is 31.9 Å². The number of carbonyl (C=O) groups excluding carboxylic acids is 3. The molecule has 0 radical (unpaired) electrons. The summed E-state index contributed by atoms with van der Waals surface area (Å²) >= 11 is 0. The summed E-state index contributed by atoms with van der Waals surface area (Å²) in [7, 11) is 1.49. The minimum absolute atomic E-state index is 0.0736. The molecule has 1 heterocycles. The number of halogens is 2. The molecular formula is C29H30F2N4O4. The molecule has 1 fully saturated rings. The Balaban J connectivity index is 1.31. The van der Waals surface area contributed by atoms with Crippen LogP contribution in [-0.2, 0) is 9.53 Å². The van der Waals surface area contributed by atoms with Crippen molar-refractivity contribution in [2.24, 2.45) is 0 Å². The standard InChI is InChI=1S/C29H30F2N4O4/c1-39-18-17-35(28(37)21-5-4-6-22(30)19-21)20-27(36)32-23-9-11-24(12-10-23)33-13-15-34(16-14-33)29(38)25-7-2-3-8-26(25)31/h2-12,19H,13-18,20H2,1H3,(H,32,36). The number of methoxy groups -OCH3 is 1. The van der Waals surface area contributed by atoms with Crippen LogP contribution in [0.1, 0.15) is 20.7 Å². The number of carbonyl (C=O) groups is 3. The van der Waals surface area contributed by atoms with Gasteiger partial charge in [-0.2, -0.15) is 0 Å². The van der Waals surface area contributed by atoms with Gasteiger partial charge in [0.15, 0.2) is 0 Å². The first-order chi connectivity index (χ1) is 18.9. The molecule has 0 aliphatic carbocycles. The van der Waals surface area contributed by atoms with Crippen molar-refractivity contribution >= 4 is 29.1 Å². The highest BCUT2D eigenvalue weighted by Crippen LogP contribution is 2.21. The van der Waals surface area contributed by atoms with Gasteiger partial charge in [-0.05, 0) is 54.6 Å². The van der Waals surface area contributed by atoms with Gasteiger partial charge in [0, 0.05) is 56.8 Å². The first-order valence-electron chi connectivity index (χ1n) is 12.6. The van der Waals surface area contributed by atoms with E-state index < -0.39 is 23.4 Å². The van der Waals surface area contributed by atoms with Crippen molar-refractivity contribution in [3.8, 4) is 0 Å². The number of ether oxygens (including phenoxy) is 1. The monoisotopic (exact) mass is 536 g/mol. The average Bonchev–Trinajstić information content (AvgIpc) is 2.95. The Labute approximate surface area is 225 Å². The summed E-state index contributed by atoms with van der Waals surface area (Å²) in [5.74, 6) is -2.24. The molecular weight excluding hydrogens is 506 g/mol. The zero-order valence-corrected chi connectivity index (χ0v) is 21.6. The van der Waals surface area contributed by atoms with Gasteiger partial charge < -0.3 is 24.8 Å². The molecule has 10 heteroatoms. The zero-order valence-electron chi connectivity index (χ0n) is 21.6. The SMILES string of the molecule is COCCN(CC(=O)Nc1ccc(N2CCN(C(=O)c3ccccc3F)CC2)cc1)C(=O)c1cccc(F)c1. The molecule has 0 atom stereocenters. The summed E-state index contributed by atoms with van der Waals surface area (Å²) in [4.78, 5) is 43.3. The van der Waals surface area contributed by atoms with Crippen LogP contribution in [0.15, 0.2) is 72.8 Å². The number of nitrogens with zero attached hydrogens (tertiary/aromatic N) is 3. The minimum atomic E-state index is -0.532. The molecule has 4 rings (SSSR count). The van der Waals surface area contributed by atoms with E-state index in [9.17, 15) is 23.2 Å². The largest absolute Gasteiger partial charge is 0.383 e. The summed E-state index contributed by atoms with van der Waals surface area (Å²) in [5, 5.41) is 2.79. The van der Waals surface area contributed by atoms with Crippen molar-refractivity contribution in [1.29, 1.82) is 0 Å². The predicted molar refractivity (Wildman–Crippen MR) is 144 cm³/mol.